The smallest absolute Gasteiger partial charge is 0.0637 e. The van der Waals surface area contributed by atoms with Crippen molar-refractivity contribution in [2.45, 2.75) is 18.9 Å². The van der Waals surface area contributed by atoms with Crippen LogP contribution in [0.3, 0.4) is 0 Å². The first kappa shape index (κ1) is 11.7. The molecule has 1 aliphatic rings. The minimum atomic E-state index is 0.645. The second-order valence-corrected chi connectivity index (χ2v) is 5.04. The summed E-state index contributed by atoms with van der Waals surface area (Å²) in [5.74, 6) is 0. The van der Waals surface area contributed by atoms with Crippen LogP contribution in [0, 0.1) is 0 Å². The number of halogens is 1. The van der Waals surface area contributed by atoms with Gasteiger partial charge in [-0.2, -0.15) is 0 Å². The number of nitrogen functional groups attached to an aromatic ring is 1. The Morgan fingerprint density at radius 1 is 1.50 bits per heavy atom. The Morgan fingerprint density at radius 2 is 2.25 bits per heavy atom. The second kappa shape index (κ2) is 5.06. The fourth-order valence-electron chi connectivity index (χ4n) is 1.84. The number of hydrogen-bond acceptors (Lipinski definition) is 3. The highest BCUT2D eigenvalue weighted by Crippen LogP contribution is 2.35. The quantitative estimate of drug-likeness (QED) is 0.845. The molecule has 0 heterocycles. The van der Waals surface area contributed by atoms with Crippen LogP contribution >= 0.6 is 15.9 Å². The molecule has 0 spiro atoms. The lowest BCUT2D eigenvalue weighted by Gasteiger charge is -2.26. The number of nitrogens with two attached hydrogens (primary N) is 1. The zero-order valence-corrected chi connectivity index (χ0v) is 11.0. The Labute approximate surface area is 105 Å². The molecule has 4 heteroatoms. The largest absolute Gasteiger partial charge is 0.397 e. The normalized spacial score (nSPS) is 15.1. The van der Waals surface area contributed by atoms with E-state index in [-0.39, 0.29) is 0 Å². The molecule has 0 atom stereocenters. The van der Waals surface area contributed by atoms with Gasteiger partial charge in [0.2, 0.25) is 0 Å². The van der Waals surface area contributed by atoms with Gasteiger partial charge in [0.05, 0.1) is 18.0 Å². The third-order valence-corrected chi connectivity index (χ3v) is 3.32. The van der Waals surface area contributed by atoms with Crippen LogP contribution in [-0.4, -0.2) is 26.3 Å². The van der Waals surface area contributed by atoms with Crippen LogP contribution in [-0.2, 0) is 4.74 Å². The van der Waals surface area contributed by atoms with E-state index in [1.165, 1.54) is 12.8 Å². The molecular weight excluding hydrogens is 268 g/mol. The van der Waals surface area contributed by atoms with Crippen molar-refractivity contribution in [1.29, 1.82) is 0 Å². The van der Waals surface area contributed by atoms with Crippen LogP contribution in [0.15, 0.2) is 22.7 Å². The summed E-state index contributed by atoms with van der Waals surface area (Å²) in [5, 5.41) is 0. The second-order valence-electron chi connectivity index (χ2n) is 4.12. The summed E-state index contributed by atoms with van der Waals surface area (Å²) < 4.78 is 6.22. The summed E-state index contributed by atoms with van der Waals surface area (Å²) in [4.78, 5) is 2.35. The molecule has 2 rings (SSSR count). The first-order valence-corrected chi connectivity index (χ1v) is 6.32. The molecule has 0 aliphatic heterocycles. The van der Waals surface area contributed by atoms with E-state index in [1.807, 2.05) is 12.1 Å². The standard InChI is InChI=1S/C12H17BrN2O/c1-16-7-6-15(10-3-4-10)12-8-9(13)2-5-11(12)14/h2,5,8,10H,3-4,6-7,14H2,1H3. The van der Waals surface area contributed by atoms with Crippen molar-refractivity contribution in [2.24, 2.45) is 0 Å². The third kappa shape index (κ3) is 2.68. The molecule has 0 radical (unpaired) electrons. The van der Waals surface area contributed by atoms with Gasteiger partial charge >= 0.3 is 0 Å². The highest BCUT2D eigenvalue weighted by Gasteiger charge is 2.29. The van der Waals surface area contributed by atoms with Crippen molar-refractivity contribution in [1.82, 2.24) is 0 Å². The van der Waals surface area contributed by atoms with Crippen LogP contribution in [0.4, 0.5) is 11.4 Å². The van der Waals surface area contributed by atoms with Crippen LogP contribution in [0.25, 0.3) is 0 Å². The Hall–Kier alpha value is -0.740. The molecular formula is C12H17BrN2O. The van der Waals surface area contributed by atoms with Gasteiger partial charge in [0.25, 0.3) is 0 Å². The molecule has 0 unspecified atom stereocenters. The Kier molecular flexibility index (Phi) is 3.71. The molecule has 0 saturated heterocycles. The first-order valence-electron chi connectivity index (χ1n) is 5.53. The van der Waals surface area contributed by atoms with Gasteiger partial charge in [-0.15, -0.1) is 0 Å². The van der Waals surface area contributed by atoms with Crippen molar-refractivity contribution in [3.05, 3.63) is 22.7 Å². The molecule has 1 aliphatic carbocycles. The monoisotopic (exact) mass is 284 g/mol. The Balaban J connectivity index is 2.19. The Morgan fingerprint density at radius 3 is 2.88 bits per heavy atom. The van der Waals surface area contributed by atoms with Crippen LogP contribution in [0.2, 0.25) is 0 Å². The molecule has 0 amide bonds. The number of methoxy groups -OCH3 is 1. The van der Waals surface area contributed by atoms with Crippen LogP contribution in [0.5, 0.6) is 0 Å². The number of ether oxygens (including phenoxy) is 1. The van der Waals surface area contributed by atoms with Gasteiger partial charge in [0.15, 0.2) is 0 Å². The minimum absolute atomic E-state index is 0.645. The summed E-state index contributed by atoms with van der Waals surface area (Å²) in [5.41, 5.74) is 7.98. The number of benzene rings is 1. The molecule has 0 bridgehead atoms. The molecule has 1 aromatic rings. The van der Waals surface area contributed by atoms with Gasteiger partial charge in [-0.05, 0) is 31.0 Å². The minimum Gasteiger partial charge on any atom is -0.397 e. The van der Waals surface area contributed by atoms with E-state index in [1.54, 1.807) is 7.11 Å². The van der Waals surface area contributed by atoms with Crippen LogP contribution in [0.1, 0.15) is 12.8 Å². The average Bonchev–Trinajstić information content (AvgIpc) is 3.08. The fourth-order valence-corrected chi connectivity index (χ4v) is 2.19. The predicted molar refractivity (Wildman–Crippen MR) is 70.8 cm³/mol. The van der Waals surface area contributed by atoms with Crippen molar-refractivity contribution >= 4 is 27.3 Å². The molecule has 16 heavy (non-hydrogen) atoms. The van der Waals surface area contributed by atoms with Crippen molar-refractivity contribution in [2.75, 3.05) is 30.9 Å². The molecule has 88 valence electrons. The van der Waals surface area contributed by atoms with E-state index in [0.29, 0.717) is 6.04 Å². The maximum atomic E-state index is 6.02. The summed E-state index contributed by atoms with van der Waals surface area (Å²) in [6.45, 7) is 1.64. The van der Waals surface area contributed by atoms with Gasteiger partial charge in [-0.3, -0.25) is 0 Å². The maximum Gasteiger partial charge on any atom is 0.0637 e. The van der Waals surface area contributed by atoms with E-state index in [4.69, 9.17) is 10.5 Å². The number of nitrogens with zero attached hydrogens (tertiary/aromatic N) is 1. The number of anilines is 2. The van der Waals surface area contributed by atoms with Crippen molar-refractivity contribution < 1.29 is 4.74 Å². The van der Waals surface area contributed by atoms with Gasteiger partial charge in [0, 0.05) is 24.2 Å². The third-order valence-electron chi connectivity index (χ3n) is 2.83. The summed E-state index contributed by atoms with van der Waals surface area (Å²) in [6.07, 6.45) is 2.52. The SMILES string of the molecule is COCCN(c1cc(Br)ccc1N)C1CC1. The summed E-state index contributed by atoms with van der Waals surface area (Å²) >= 11 is 3.49. The molecule has 3 nitrogen and oxygen atoms in total. The first-order chi connectivity index (χ1) is 7.72. The van der Waals surface area contributed by atoms with E-state index in [9.17, 15) is 0 Å². The maximum absolute atomic E-state index is 6.02. The molecule has 2 N–H and O–H groups in total. The van der Waals surface area contributed by atoms with Crippen molar-refractivity contribution in [3.8, 4) is 0 Å². The number of hydrogen-bond donors (Lipinski definition) is 1. The highest BCUT2D eigenvalue weighted by atomic mass is 79.9. The molecule has 1 aromatic carbocycles. The summed E-state index contributed by atoms with van der Waals surface area (Å²) in [7, 11) is 1.73. The van der Waals surface area contributed by atoms with Gasteiger partial charge in [-0.1, -0.05) is 15.9 Å². The number of rotatable bonds is 5. The van der Waals surface area contributed by atoms with E-state index >= 15 is 0 Å². The molecule has 1 fully saturated rings. The lowest BCUT2D eigenvalue weighted by atomic mass is 10.2. The van der Waals surface area contributed by atoms with E-state index < -0.39 is 0 Å². The van der Waals surface area contributed by atoms with Crippen LogP contribution < -0.4 is 10.6 Å². The fraction of sp³-hybridized carbons (Fsp3) is 0.500. The Bertz CT molecular complexity index is 366. The zero-order chi connectivity index (χ0) is 11.5. The lowest BCUT2D eigenvalue weighted by molar-refractivity contribution is 0.205. The summed E-state index contributed by atoms with van der Waals surface area (Å²) in [6, 6.07) is 6.65. The molecule has 1 saturated carbocycles. The zero-order valence-electron chi connectivity index (χ0n) is 9.45. The topological polar surface area (TPSA) is 38.5 Å². The lowest BCUT2D eigenvalue weighted by Crippen LogP contribution is -2.30. The van der Waals surface area contributed by atoms with Gasteiger partial charge in [0.1, 0.15) is 0 Å². The molecule has 0 aromatic heterocycles. The van der Waals surface area contributed by atoms with Gasteiger partial charge in [-0.25, -0.2) is 0 Å². The van der Waals surface area contributed by atoms with Gasteiger partial charge < -0.3 is 15.4 Å². The van der Waals surface area contributed by atoms with Crippen molar-refractivity contribution in [3.63, 3.8) is 0 Å². The predicted octanol–water partition coefficient (Wildman–Crippen LogP) is 2.65. The average molecular weight is 285 g/mol. The van der Waals surface area contributed by atoms with E-state index in [0.717, 1.165) is 29.0 Å². The van der Waals surface area contributed by atoms with E-state index in [2.05, 4.69) is 26.9 Å². The highest BCUT2D eigenvalue weighted by molar-refractivity contribution is 9.10.